The molecule has 0 spiro atoms. The summed E-state index contributed by atoms with van der Waals surface area (Å²) in [6, 6.07) is 7.13. The van der Waals surface area contributed by atoms with Crippen LogP contribution < -0.4 is 4.74 Å². The molecule has 0 saturated heterocycles. The zero-order valence-electron chi connectivity index (χ0n) is 10.3. The highest BCUT2D eigenvalue weighted by atomic mass is 16.5. The zero-order valence-corrected chi connectivity index (χ0v) is 10.3. The maximum atomic E-state index is 11.2. The van der Waals surface area contributed by atoms with Crippen LogP contribution in [0.4, 0.5) is 0 Å². The summed E-state index contributed by atoms with van der Waals surface area (Å²) in [4.78, 5) is 11.2. The van der Waals surface area contributed by atoms with Crippen molar-refractivity contribution in [2.45, 2.75) is 19.4 Å². The van der Waals surface area contributed by atoms with Gasteiger partial charge in [0.15, 0.2) is 0 Å². The van der Waals surface area contributed by atoms with Gasteiger partial charge >= 0.3 is 5.97 Å². The molecule has 1 aromatic rings. The molecule has 2 unspecified atom stereocenters. The molecular formula is C13H18O4. The third-order valence-corrected chi connectivity index (χ3v) is 2.68. The van der Waals surface area contributed by atoms with Crippen molar-refractivity contribution in [1.29, 1.82) is 0 Å². The number of methoxy groups -OCH3 is 2. The fourth-order valence-corrected chi connectivity index (χ4v) is 1.59. The lowest BCUT2D eigenvalue weighted by Crippen LogP contribution is -2.15. The molecule has 0 aliphatic rings. The second kappa shape index (κ2) is 6.25. The van der Waals surface area contributed by atoms with Gasteiger partial charge in [-0.1, -0.05) is 19.1 Å². The van der Waals surface area contributed by atoms with E-state index in [9.17, 15) is 9.90 Å². The number of esters is 1. The molecule has 0 fully saturated rings. The van der Waals surface area contributed by atoms with Crippen LogP contribution in [0.5, 0.6) is 5.75 Å². The summed E-state index contributed by atoms with van der Waals surface area (Å²) in [5.74, 6) is 0.108. The summed E-state index contributed by atoms with van der Waals surface area (Å²) in [6.07, 6.45) is -0.325. The monoisotopic (exact) mass is 238 g/mol. The third-order valence-electron chi connectivity index (χ3n) is 2.68. The average Bonchev–Trinajstić information content (AvgIpc) is 2.37. The van der Waals surface area contributed by atoms with E-state index in [0.717, 1.165) is 11.3 Å². The second-order valence-corrected chi connectivity index (χ2v) is 3.95. The van der Waals surface area contributed by atoms with Crippen LogP contribution in [-0.2, 0) is 9.53 Å². The van der Waals surface area contributed by atoms with Gasteiger partial charge in [0.25, 0.3) is 0 Å². The van der Waals surface area contributed by atoms with Crippen molar-refractivity contribution in [3.05, 3.63) is 29.8 Å². The number of hydrogen-bond donors (Lipinski definition) is 1. The molecule has 4 nitrogen and oxygen atoms in total. The van der Waals surface area contributed by atoms with E-state index in [1.54, 1.807) is 38.3 Å². The Morgan fingerprint density at radius 3 is 2.35 bits per heavy atom. The molecule has 94 valence electrons. The quantitative estimate of drug-likeness (QED) is 0.796. The minimum atomic E-state index is -0.671. The maximum absolute atomic E-state index is 11.2. The number of aliphatic hydroxyl groups excluding tert-OH is 1. The highest BCUT2D eigenvalue weighted by Gasteiger charge is 2.18. The van der Waals surface area contributed by atoms with Crippen LogP contribution in [-0.4, -0.2) is 25.3 Å². The lowest BCUT2D eigenvalue weighted by Gasteiger charge is -2.15. The van der Waals surface area contributed by atoms with Crippen LogP contribution >= 0.6 is 0 Å². The molecule has 0 bridgehead atoms. The summed E-state index contributed by atoms with van der Waals surface area (Å²) in [6.45, 7) is 1.73. The Bertz CT molecular complexity index is 358. The van der Waals surface area contributed by atoms with Crippen molar-refractivity contribution in [3.63, 3.8) is 0 Å². The van der Waals surface area contributed by atoms with E-state index in [1.165, 1.54) is 7.11 Å². The molecule has 0 aromatic heterocycles. The number of ether oxygens (including phenoxy) is 2. The number of benzene rings is 1. The summed E-state index contributed by atoms with van der Waals surface area (Å²) in [7, 11) is 2.93. The predicted octanol–water partition coefficient (Wildman–Crippen LogP) is 1.93. The van der Waals surface area contributed by atoms with Crippen molar-refractivity contribution in [2.24, 2.45) is 5.92 Å². The number of carbonyl (C=O) groups is 1. The van der Waals surface area contributed by atoms with Crippen LogP contribution in [0, 0.1) is 5.92 Å². The first-order valence-corrected chi connectivity index (χ1v) is 5.48. The Labute approximate surface area is 101 Å². The van der Waals surface area contributed by atoms with E-state index < -0.39 is 6.10 Å². The summed E-state index contributed by atoms with van der Waals surface area (Å²) >= 11 is 0. The van der Waals surface area contributed by atoms with Gasteiger partial charge in [-0.15, -0.1) is 0 Å². The molecule has 1 N–H and O–H groups in total. The Morgan fingerprint density at radius 1 is 1.29 bits per heavy atom. The standard InChI is InChI=1S/C13H18O4/c1-9(13(15)17-3)8-12(14)10-4-6-11(16-2)7-5-10/h4-7,9,12,14H,8H2,1-3H3. The number of hydrogen-bond acceptors (Lipinski definition) is 4. The molecule has 17 heavy (non-hydrogen) atoms. The van der Waals surface area contributed by atoms with E-state index in [-0.39, 0.29) is 11.9 Å². The maximum Gasteiger partial charge on any atom is 0.308 e. The van der Waals surface area contributed by atoms with E-state index in [1.807, 2.05) is 0 Å². The van der Waals surface area contributed by atoms with Crippen LogP contribution in [0.15, 0.2) is 24.3 Å². The molecule has 0 aliphatic heterocycles. The Hall–Kier alpha value is -1.55. The summed E-state index contributed by atoms with van der Waals surface area (Å²) < 4.78 is 9.65. The van der Waals surface area contributed by atoms with Gasteiger partial charge in [0.1, 0.15) is 5.75 Å². The second-order valence-electron chi connectivity index (χ2n) is 3.95. The van der Waals surface area contributed by atoms with Gasteiger partial charge in [-0.3, -0.25) is 4.79 Å². The van der Waals surface area contributed by atoms with E-state index >= 15 is 0 Å². The molecule has 1 aromatic carbocycles. The first kappa shape index (κ1) is 13.5. The molecule has 2 atom stereocenters. The van der Waals surface area contributed by atoms with Gasteiger partial charge in [-0.2, -0.15) is 0 Å². The molecular weight excluding hydrogens is 220 g/mol. The van der Waals surface area contributed by atoms with Crippen LogP contribution in [0.3, 0.4) is 0 Å². The fourth-order valence-electron chi connectivity index (χ4n) is 1.59. The van der Waals surface area contributed by atoms with Gasteiger partial charge in [0.05, 0.1) is 26.2 Å². The van der Waals surface area contributed by atoms with Gasteiger partial charge < -0.3 is 14.6 Å². The number of carbonyl (C=O) groups excluding carboxylic acids is 1. The minimum Gasteiger partial charge on any atom is -0.497 e. The molecule has 0 aliphatic carbocycles. The molecule has 0 amide bonds. The number of aliphatic hydroxyl groups is 1. The fraction of sp³-hybridized carbons (Fsp3) is 0.462. The summed E-state index contributed by atoms with van der Waals surface area (Å²) in [5.41, 5.74) is 0.765. The third kappa shape index (κ3) is 3.75. The normalized spacial score (nSPS) is 13.9. The lowest BCUT2D eigenvalue weighted by atomic mass is 9.98. The van der Waals surface area contributed by atoms with Crippen LogP contribution in [0.25, 0.3) is 0 Å². The first-order chi connectivity index (χ1) is 8.08. The minimum absolute atomic E-state index is 0.308. The van der Waals surface area contributed by atoms with Gasteiger partial charge in [0.2, 0.25) is 0 Å². The lowest BCUT2D eigenvalue weighted by molar-refractivity contribution is -0.145. The molecule has 1 rings (SSSR count). The topological polar surface area (TPSA) is 55.8 Å². The molecule has 0 heterocycles. The SMILES string of the molecule is COC(=O)C(C)CC(O)c1ccc(OC)cc1. The Kier molecular flexibility index (Phi) is 4.97. The number of rotatable bonds is 5. The van der Waals surface area contributed by atoms with Crippen molar-refractivity contribution >= 4 is 5.97 Å². The van der Waals surface area contributed by atoms with Crippen molar-refractivity contribution in [2.75, 3.05) is 14.2 Å². The van der Waals surface area contributed by atoms with E-state index in [4.69, 9.17) is 4.74 Å². The van der Waals surface area contributed by atoms with Crippen molar-refractivity contribution in [3.8, 4) is 5.75 Å². The highest BCUT2D eigenvalue weighted by Crippen LogP contribution is 2.23. The highest BCUT2D eigenvalue weighted by molar-refractivity contribution is 5.71. The average molecular weight is 238 g/mol. The molecule has 0 saturated carbocycles. The van der Waals surface area contributed by atoms with Crippen molar-refractivity contribution in [1.82, 2.24) is 0 Å². The van der Waals surface area contributed by atoms with Gasteiger partial charge in [0, 0.05) is 0 Å². The Balaban J connectivity index is 2.62. The first-order valence-electron chi connectivity index (χ1n) is 5.48. The van der Waals surface area contributed by atoms with Gasteiger partial charge in [-0.05, 0) is 24.1 Å². The van der Waals surface area contributed by atoms with Gasteiger partial charge in [-0.25, -0.2) is 0 Å². The van der Waals surface area contributed by atoms with Crippen molar-refractivity contribution < 1.29 is 19.4 Å². The van der Waals surface area contributed by atoms with Crippen LogP contribution in [0.1, 0.15) is 25.0 Å². The molecule has 0 radical (unpaired) electrons. The predicted molar refractivity (Wildman–Crippen MR) is 63.8 cm³/mol. The van der Waals surface area contributed by atoms with E-state index in [0.29, 0.717) is 6.42 Å². The molecule has 4 heteroatoms. The Morgan fingerprint density at radius 2 is 1.88 bits per heavy atom. The largest absolute Gasteiger partial charge is 0.497 e. The summed E-state index contributed by atoms with van der Waals surface area (Å²) in [5, 5.41) is 9.95. The van der Waals surface area contributed by atoms with E-state index in [2.05, 4.69) is 4.74 Å². The zero-order chi connectivity index (χ0) is 12.8. The smallest absolute Gasteiger partial charge is 0.308 e. The van der Waals surface area contributed by atoms with Crippen LogP contribution in [0.2, 0.25) is 0 Å².